The smallest absolute Gasteiger partial charge is 0.128 e. The lowest BCUT2D eigenvalue weighted by Gasteiger charge is -2.25. The molecule has 1 N–H and O–H groups in total. The number of hydrogen-bond acceptors (Lipinski definition) is 2. The minimum absolute atomic E-state index is 0.814. The molecular weight excluding hydrogens is 292 g/mol. The predicted molar refractivity (Wildman–Crippen MR) is 75.3 cm³/mol. The average Bonchev–Trinajstić information content (AvgIpc) is 2.79. The Balaban J connectivity index is 2.40. The van der Waals surface area contributed by atoms with E-state index in [0.717, 1.165) is 28.7 Å². The highest BCUT2D eigenvalue weighted by Gasteiger charge is 2.29. The van der Waals surface area contributed by atoms with E-state index in [2.05, 4.69) is 28.0 Å². The molecule has 0 amide bonds. The highest BCUT2D eigenvalue weighted by atomic mass is 79.9. The first-order chi connectivity index (χ1) is 8.55. The Bertz CT molecular complexity index is 517. The lowest BCUT2D eigenvalue weighted by atomic mass is 9.92. The van der Waals surface area contributed by atoms with Gasteiger partial charge in [-0.3, -0.25) is 4.68 Å². The number of rotatable bonds is 4. The average molecular weight is 309 g/mol. The molecule has 0 saturated heterocycles. The molecule has 96 valence electrons. The molecule has 1 atom stereocenters. The van der Waals surface area contributed by atoms with E-state index in [4.69, 9.17) is 0 Å². The highest BCUT2D eigenvalue weighted by Crippen LogP contribution is 2.29. The third kappa shape index (κ3) is 2.49. The van der Waals surface area contributed by atoms with Crippen LogP contribution in [0.25, 0.3) is 0 Å². The zero-order valence-electron chi connectivity index (χ0n) is 10.6. The maximum Gasteiger partial charge on any atom is 0.128 e. The van der Waals surface area contributed by atoms with Gasteiger partial charge in [-0.15, -0.1) is 0 Å². The first-order valence-electron chi connectivity index (χ1n) is 6.06. The Morgan fingerprint density at radius 2 is 1.94 bits per heavy atom. The van der Waals surface area contributed by atoms with Gasteiger partial charge in [0.1, 0.15) is 5.60 Å². The molecule has 1 aromatic heterocycles. The van der Waals surface area contributed by atoms with Gasteiger partial charge in [-0.05, 0) is 37.1 Å². The quantitative estimate of drug-likeness (QED) is 0.941. The molecule has 3 nitrogen and oxygen atoms in total. The van der Waals surface area contributed by atoms with Crippen molar-refractivity contribution in [1.82, 2.24) is 9.78 Å². The second-order valence-corrected chi connectivity index (χ2v) is 5.43. The van der Waals surface area contributed by atoms with Gasteiger partial charge in [0.15, 0.2) is 0 Å². The van der Waals surface area contributed by atoms with E-state index in [1.165, 1.54) is 0 Å². The molecule has 2 aromatic rings. The van der Waals surface area contributed by atoms with Gasteiger partial charge < -0.3 is 5.11 Å². The van der Waals surface area contributed by atoms with E-state index >= 15 is 0 Å². The summed E-state index contributed by atoms with van der Waals surface area (Å²) in [5.74, 6) is 0. The molecule has 0 bridgehead atoms. The summed E-state index contributed by atoms with van der Waals surface area (Å²) in [7, 11) is 0. The van der Waals surface area contributed by atoms with Gasteiger partial charge in [0.25, 0.3) is 0 Å². The minimum atomic E-state index is -1.02. The third-order valence-electron chi connectivity index (χ3n) is 3.06. The highest BCUT2D eigenvalue weighted by molar-refractivity contribution is 9.10. The predicted octanol–water partition coefficient (Wildman–Crippen LogP) is 3.31. The van der Waals surface area contributed by atoms with E-state index in [0.29, 0.717) is 0 Å². The Kier molecular flexibility index (Phi) is 3.88. The van der Waals surface area contributed by atoms with Crippen LogP contribution < -0.4 is 0 Å². The molecule has 1 heterocycles. The molecular formula is C14H17BrN2O. The van der Waals surface area contributed by atoms with Gasteiger partial charge in [0.05, 0.1) is 5.69 Å². The number of aryl methyl sites for hydroxylation is 1. The zero-order valence-corrected chi connectivity index (χ0v) is 12.2. The molecule has 0 saturated carbocycles. The second-order valence-electron chi connectivity index (χ2n) is 4.52. The van der Waals surface area contributed by atoms with E-state index in [9.17, 15) is 5.11 Å². The Morgan fingerprint density at radius 3 is 2.56 bits per heavy atom. The van der Waals surface area contributed by atoms with Crippen molar-refractivity contribution < 1.29 is 5.11 Å². The van der Waals surface area contributed by atoms with Gasteiger partial charge in [-0.1, -0.05) is 35.0 Å². The van der Waals surface area contributed by atoms with Gasteiger partial charge in [-0.2, -0.15) is 5.10 Å². The maximum atomic E-state index is 10.8. The number of halogens is 1. The summed E-state index contributed by atoms with van der Waals surface area (Å²) in [6, 6.07) is 9.59. The maximum absolute atomic E-state index is 10.8. The van der Waals surface area contributed by atoms with Crippen LogP contribution in [0.3, 0.4) is 0 Å². The van der Waals surface area contributed by atoms with Crippen molar-refractivity contribution in [2.24, 2.45) is 0 Å². The minimum Gasteiger partial charge on any atom is -0.379 e. The first-order valence-corrected chi connectivity index (χ1v) is 6.85. The van der Waals surface area contributed by atoms with Gasteiger partial charge in [-0.25, -0.2) is 0 Å². The molecule has 1 aromatic carbocycles. The van der Waals surface area contributed by atoms with Crippen LogP contribution in [0.2, 0.25) is 0 Å². The van der Waals surface area contributed by atoms with Crippen LogP contribution in [-0.2, 0) is 12.1 Å². The Morgan fingerprint density at radius 1 is 1.28 bits per heavy atom. The van der Waals surface area contributed by atoms with Crippen LogP contribution >= 0.6 is 15.9 Å². The van der Waals surface area contributed by atoms with Gasteiger partial charge in [0, 0.05) is 17.2 Å². The second kappa shape index (κ2) is 5.24. The normalized spacial score (nSPS) is 14.4. The summed E-state index contributed by atoms with van der Waals surface area (Å²) in [4.78, 5) is 0. The van der Waals surface area contributed by atoms with E-state index in [1.807, 2.05) is 35.0 Å². The zero-order chi connectivity index (χ0) is 13.2. The van der Waals surface area contributed by atoms with Crippen LogP contribution in [0.4, 0.5) is 0 Å². The fourth-order valence-electron chi connectivity index (χ4n) is 2.06. The van der Waals surface area contributed by atoms with Crippen LogP contribution in [0.15, 0.2) is 41.0 Å². The Hall–Kier alpha value is -1.13. The third-order valence-corrected chi connectivity index (χ3v) is 3.59. The number of aliphatic hydroxyl groups is 1. The molecule has 18 heavy (non-hydrogen) atoms. The fourth-order valence-corrected chi connectivity index (χ4v) is 2.32. The van der Waals surface area contributed by atoms with Crippen LogP contribution in [0.1, 0.15) is 31.5 Å². The van der Waals surface area contributed by atoms with Crippen molar-refractivity contribution in [2.75, 3.05) is 0 Å². The van der Waals surface area contributed by atoms with Crippen molar-refractivity contribution in [1.29, 1.82) is 0 Å². The molecule has 0 fully saturated rings. The van der Waals surface area contributed by atoms with Crippen LogP contribution in [0, 0.1) is 0 Å². The number of nitrogens with zero attached hydrogens (tertiary/aromatic N) is 2. The van der Waals surface area contributed by atoms with Crippen molar-refractivity contribution in [2.45, 2.75) is 32.4 Å². The lowest BCUT2D eigenvalue weighted by Crippen LogP contribution is -2.27. The van der Waals surface area contributed by atoms with E-state index in [1.54, 1.807) is 13.1 Å². The van der Waals surface area contributed by atoms with E-state index < -0.39 is 5.60 Å². The molecule has 0 aliphatic rings. The van der Waals surface area contributed by atoms with Crippen molar-refractivity contribution >= 4 is 15.9 Å². The molecule has 4 heteroatoms. The summed E-state index contributed by atoms with van der Waals surface area (Å²) < 4.78 is 2.87. The summed E-state index contributed by atoms with van der Waals surface area (Å²) in [5, 5.41) is 15.0. The summed E-state index contributed by atoms with van der Waals surface area (Å²) in [6.45, 7) is 4.72. The lowest BCUT2D eigenvalue weighted by molar-refractivity contribution is 0.0914. The van der Waals surface area contributed by atoms with Crippen LogP contribution in [-0.4, -0.2) is 14.9 Å². The van der Waals surface area contributed by atoms with Gasteiger partial charge in [0.2, 0.25) is 0 Å². The first kappa shape index (κ1) is 13.3. The Labute approximate surface area is 116 Å². The molecule has 0 aliphatic heterocycles. The molecule has 0 radical (unpaired) electrons. The molecule has 1 unspecified atom stereocenters. The summed E-state index contributed by atoms with van der Waals surface area (Å²) in [6.07, 6.45) is 2.73. The number of aromatic nitrogens is 2. The topological polar surface area (TPSA) is 38.0 Å². The largest absolute Gasteiger partial charge is 0.379 e. The van der Waals surface area contributed by atoms with Crippen molar-refractivity contribution in [3.63, 3.8) is 0 Å². The molecule has 0 spiro atoms. The summed E-state index contributed by atoms with van der Waals surface area (Å²) in [5.41, 5.74) is 0.669. The SMILES string of the molecule is CCCn1nccc1C(C)(O)c1ccc(Br)cc1. The fraction of sp³-hybridized carbons (Fsp3) is 0.357. The molecule has 0 aliphatic carbocycles. The van der Waals surface area contributed by atoms with Crippen molar-refractivity contribution in [3.05, 3.63) is 52.3 Å². The molecule has 2 rings (SSSR count). The monoisotopic (exact) mass is 308 g/mol. The van der Waals surface area contributed by atoms with Crippen LogP contribution in [0.5, 0.6) is 0 Å². The van der Waals surface area contributed by atoms with E-state index in [-0.39, 0.29) is 0 Å². The standard InChI is InChI=1S/C14H17BrN2O/c1-3-10-17-13(8-9-16-17)14(2,18)11-4-6-12(15)7-5-11/h4-9,18H,3,10H2,1-2H3. The number of hydrogen-bond donors (Lipinski definition) is 1. The summed E-state index contributed by atoms with van der Waals surface area (Å²) >= 11 is 3.40. The van der Waals surface area contributed by atoms with Crippen molar-refractivity contribution in [3.8, 4) is 0 Å². The van der Waals surface area contributed by atoms with Gasteiger partial charge >= 0.3 is 0 Å². The number of benzene rings is 1.